The van der Waals surface area contributed by atoms with Gasteiger partial charge in [-0.05, 0) is 36.4 Å². The Labute approximate surface area is 166 Å². The Morgan fingerprint density at radius 1 is 1.31 bits per heavy atom. The number of aromatic carboxylic acids is 1. The van der Waals surface area contributed by atoms with E-state index >= 15 is 0 Å². The average molecular weight is 405 g/mol. The molecule has 0 aromatic heterocycles. The molecule has 1 aliphatic rings. The second-order valence-electron chi connectivity index (χ2n) is 6.75. The van der Waals surface area contributed by atoms with Gasteiger partial charge in [0, 0.05) is 38.9 Å². The molecule has 0 radical (unpaired) electrons. The van der Waals surface area contributed by atoms with Crippen LogP contribution in [0.15, 0.2) is 36.4 Å². The molecule has 2 N–H and O–H groups in total. The number of carboxylic acid groups (broad SMARTS) is 1. The molecule has 1 saturated heterocycles. The van der Waals surface area contributed by atoms with Crippen LogP contribution in [0, 0.1) is 11.6 Å². The lowest BCUT2D eigenvalue weighted by Crippen LogP contribution is -2.54. The summed E-state index contributed by atoms with van der Waals surface area (Å²) in [5.74, 6) is -4.07. The molecular formula is C20H21F2N3O4. The van der Waals surface area contributed by atoms with Gasteiger partial charge in [0.15, 0.2) is 17.4 Å². The number of hydrogen-bond acceptors (Lipinski definition) is 5. The lowest BCUT2D eigenvalue weighted by Gasteiger charge is -2.36. The minimum Gasteiger partial charge on any atom is -0.478 e. The number of carbonyl (C=O) groups excluding carboxylic acids is 1. The van der Waals surface area contributed by atoms with Gasteiger partial charge in [-0.15, -0.1) is 0 Å². The maximum atomic E-state index is 14.0. The summed E-state index contributed by atoms with van der Waals surface area (Å²) in [5.41, 5.74) is 0.349. The Hall–Kier alpha value is -3.20. The van der Waals surface area contributed by atoms with Crippen molar-refractivity contribution in [2.75, 3.05) is 38.1 Å². The highest BCUT2D eigenvalue weighted by atomic mass is 19.1. The Morgan fingerprint density at radius 2 is 1.97 bits per heavy atom. The van der Waals surface area contributed by atoms with E-state index in [1.165, 1.54) is 0 Å². The van der Waals surface area contributed by atoms with Gasteiger partial charge in [-0.25, -0.2) is 13.6 Å². The maximum absolute atomic E-state index is 14.0. The first kappa shape index (κ1) is 20.5. The SMILES string of the molecule is CN(CC1CNCCN1C=O)c1ccc(Oc2c(F)cc(C(=O)O)cc2F)cc1. The molecule has 0 spiro atoms. The van der Waals surface area contributed by atoms with Crippen molar-refractivity contribution < 1.29 is 28.2 Å². The summed E-state index contributed by atoms with van der Waals surface area (Å²) in [4.78, 5) is 25.8. The molecule has 9 heteroatoms. The zero-order chi connectivity index (χ0) is 21.0. The second-order valence-corrected chi connectivity index (χ2v) is 6.75. The van der Waals surface area contributed by atoms with Crippen molar-refractivity contribution in [3.8, 4) is 11.5 Å². The first-order chi connectivity index (χ1) is 13.9. The number of amides is 1. The summed E-state index contributed by atoms with van der Waals surface area (Å²) in [5, 5.41) is 12.1. The van der Waals surface area contributed by atoms with E-state index in [1.54, 1.807) is 29.2 Å². The largest absolute Gasteiger partial charge is 0.478 e. The van der Waals surface area contributed by atoms with Crippen LogP contribution in [0.2, 0.25) is 0 Å². The molecule has 1 unspecified atom stereocenters. The molecule has 0 saturated carbocycles. The fraction of sp³-hybridized carbons (Fsp3) is 0.300. The summed E-state index contributed by atoms with van der Waals surface area (Å²) in [6, 6.07) is 8.05. The highest BCUT2D eigenvalue weighted by Crippen LogP contribution is 2.30. The van der Waals surface area contributed by atoms with E-state index in [4.69, 9.17) is 9.84 Å². The summed E-state index contributed by atoms with van der Waals surface area (Å²) < 4.78 is 33.3. The third kappa shape index (κ3) is 4.80. The van der Waals surface area contributed by atoms with Gasteiger partial charge < -0.3 is 25.0 Å². The monoisotopic (exact) mass is 405 g/mol. The smallest absolute Gasteiger partial charge is 0.335 e. The molecule has 1 heterocycles. The van der Waals surface area contributed by atoms with Crippen molar-refractivity contribution >= 4 is 18.1 Å². The van der Waals surface area contributed by atoms with Crippen LogP contribution >= 0.6 is 0 Å². The van der Waals surface area contributed by atoms with Gasteiger partial charge in [0.25, 0.3) is 0 Å². The number of rotatable bonds is 7. The highest BCUT2D eigenvalue weighted by Gasteiger charge is 2.22. The lowest BCUT2D eigenvalue weighted by atomic mass is 10.2. The molecule has 29 heavy (non-hydrogen) atoms. The average Bonchev–Trinajstić information content (AvgIpc) is 2.71. The van der Waals surface area contributed by atoms with Gasteiger partial charge in [-0.2, -0.15) is 0 Å². The van der Waals surface area contributed by atoms with Crippen LogP contribution in [0.3, 0.4) is 0 Å². The highest BCUT2D eigenvalue weighted by molar-refractivity contribution is 5.87. The molecule has 3 rings (SSSR count). The zero-order valence-corrected chi connectivity index (χ0v) is 15.8. The number of anilines is 1. The number of hydrogen-bond donors (Lipinski definition) is 2. The molecule has 0 aliphatic carbocycles. The summed E-state index contributed by atoms with van der Waals surface area (Å²) in [6.45, 7) is 2.75. The Bertz CT molecular complexity index is 869. The second kappa shape index (κ2) is 8.87. The Kier molecular flexibility index (Phi) is 6.28. The van der Waals surface area contributed by atoms with Crippen LogP contribution < -0.4 is 15.0 Å². The summed E-state index contributed by atoms with van der Waals surface area (Å²) in [6.07, 6.45) is 0.856. The van der Waals surface area contributed by atoms with Crippen molar-refractivity contribution in [1.82, 2.24) is 10.2 Å². The third-order valence-corrected chi connectivity index (χ3v) is 4.76. The van der Waals surface area contributed by atoms with Gasteiger partial charge in [-0.3, -0.25) is 4.79 Å². The molecule has 154 valence electrons. The predicted molar refractivity (Wildman–Crippen MR) is 103 cm³/mol. The molecular weight excluding hydrogens is 384 g/mol. The van der Waals surface area contributed by atoms with Gasteiger partial charge in [0.1, 0.15) is 5.75 Å². The Morgan fingerprint density at radius 3 is 2.55 bits per heavy atom. The molecule has 1 amide bonds. The minimum absolute atomic E-state index is 0.0399. The van der Waals surface area contributed by atoms with E-state index in [0.717, 1.165) is 18.6 Å². The normalized spacial score (nSPS) is 16.4. The van der Waals surface area contributed by atoms with Gasteiger partial charge >= 0.3 is 5.97 Å². The molecule has 0 bridgehead atoms. The van der Waals surface area contributed by atoms with Crippen LogP contribution in [0.4, 0.5) is 14.5 Å². The number of likely N-dealkylation sites (N-methyl/N-ethyl adjacent to an activating group) is 1. The van der Waals surface area contributed by atoms with Crippen molar-refractivity contribution in [3.05, 3.63) is 53.6 Å². The van der Waals surface area contributed by atoms with Crippen molar-refractivity contribution in [2.45, 2.75) is 6.04 Å². The quantitative estimate of drug-likeness (QED) is 0.688. The minimum atomic E-state index is -1.43. The van der Waals surface area contributed by atoms with Crippen LogP contribution in [0.1, 0.15) is 10.4 Å². The number of piperazine rings is 1. The number of nitrogens with zero attached hydrogens (tertiary/aromatic N) is 2. The van der Waals surface area contributed by atoms with Crippen LogP contribution in [-0.2, 0) is 4.79 Å². The predicted octanol–water partition coefficient (Wildman–Crippen LogP) is 2.32. The molecule has 1 aliphatic heterocycles. The van der Waals surface area contributed by atoms with Crippen molar-refractivity contribution in [2.24, 2.45) is 0 Å². The number of carbonyl (C=O) groups is 2. The van der Waals surface area contributed by atoms with E-state index in [-0.39, 0.29) is 11.8 Å². The Balaban J connectivity index is 1.69. The van der Waals surface area contributed by atoms with E-state index < -0.39 is 28.9 Å². The summed E-state index contributed by atoms with van der Waals surface area (Å²) in [7, 11) is 1.89. The molecule has 1 fully saturated rings. The third-order valence-electron chi connectivity index (χ3n) is 4.76. The van der Waals surface area contributed by atoms with Crippen LogP contribution in [0.25, 0.3) is 0 Å². The topological polar surface area (TPSA) is 82.1 Å². The number of benzene rings is 2. The molecule has 7 nitrogen and oxygen atoms in total. The van der Waals surface area contributed by atoms with Gasteiger partial charge in [-0.1, -0.05) is 0 Å². The van der Waals surface area contributed by atoms with E-state index in [2.05, 4.69) is 5.32 Å². The molecule has 2 aromatic rings. The standard InChI is InChI=1S/C20H21F2N3O4/c1-24(11-15-10-23-6-7-25(15)12-26)14-2-4-16(5-3-14)29-19-17(21)8-13(20(27)28)9-18(19)22/h2-5,8-9,12,15,23H,6-7,10-11H2,1H3,(H,27,28). The lowest BCUT2D eigenvalue weighted by molar-refractivity contribution is -0.120. The van der Waals surface area contributed by atoms with Crippen molar-refractivity contribution in [3.63, 3.8) is 0 Å². The van der Waals surface area contributed by atoms with E-state index in [1.807, 2.05) is 11.9 Å². The van der Waals surface area contributed by atoms with Crippen molar-refractivity contribution in [1.29, 1.82) is 0 Å². The molecule has 1 atom stereocenters. The fourth-order valence-corrected chi connectivity index (χ4v) is 3.17. The summed E-state index contributed by atoms with van der Waals surface area (Å²) >= 11 is 0. The zero-order valence-electron chi connectivity index (χ0n) is 15.8. The number of halogens is 2. The van der Waals surface area contributed by atoms with Crippen LogP contribution in [0.5, 0.6) is 11.5 Å². The first-order valence-corrected chi connectivity index (χ1v) is 9.02. The van der Waals surface area contributed by atoms with Gasteiger partial charge in [0.2, 0.25) is 6.41 Å². The van der Waals surface area contributed by atoms with Gasteiger partial charge in [0.05, 0.1) is 11.6 Å². The fourth-order valence-electron chi connectivity index (χ4n) is 3.17. The maximum Gasteiger partial charge on any atom is 0.335 e. The van der Waals surface area contributed by atoms with Crippen LogP contribution in [-0.4, -0.2) is 61.7 Å². The number of nitrogens with one attached hydrogen (secondary N) is 1. The van der Waals surface area contributed by atoms with E-state index in [9.17, 15) is 18.4 Å². The first-order valence-electron chi connectivity index (χ1n) is 9.02. The molecule has 2 aromatic carbocycles. The van der Waals surface area contributed by atoms with E-state index in [0.29, 0.717) is 31.8 Å². The number of carboxylic acids is 1. The number of ether oxygens (including phenoxy) is 1.